The number of carbonyl (C=O) groups is 1. The summed E-state index contributed by atoms with van der Waals surface area (Å²) in [6.45, 7) is 2.95. The molecule has 0 unspecified atom stereocenters. The third-order valence-electron chi connectivity index (χ3n) is 5.12. The molecule has 4 rings (SSSR count). The van der Waals surface area contributed by atoms with Crippen molar-refractivity contribution in [1.29, 1.82) is 0 Å². The Hall–Kier alpha value is -4.04. The van der Waals surface area contributed by atoms with Gasteiger partial charge in [-0.2, -0.15) is 9.78 Å². The van der Waals surface area contributed by atoms with E-state index in [0.717, 1.165) is 22.0 Å². The van der Waals surface area contributed by atoms with Gasteiger partial charge in [0, 0.05) is 23.1 Å². The predicted molar refractivity (Wildman–Crippen MR) is 136 cm³/mol. The minimum atomic E-state index is -0.253. The van der Waals surface area contributed by atoms with E-state index in [-0.39, 0.29) is 11.5 Å². The van der Waals surface area contributed by atoms with Gasteiger partial charge in [0.15, 0.2) is 0 Å². The molecule has 0 aliphatic heterocycles. The quantitative estimate of drug-likeness (QED) is 0.368. The molecule has 0 saturated carbocycles. The molecule has 0 fully saturated rings. The maximum absolute atomic E-state index is 12.6. The van der Waals surface area contributed by atoms with Crippen LogP contribution in [0.5, 0.6) is 11.5 Å². The van der Waals surface area contributed by atoms with Crippen LogP contribution in [0.1, 0.15) is 22.8 Å². The zero-order chi connectivity index (χ0) is 24.6. The van der Waals surface area contributed by atoms with Gasteiger partial charge in [-0.3, -0.25) is 9.59 Å². The number of aromatic nitrogens is 2. The summed E-state index contributed by atoms with van der Waals surface area (Å²) in [6.07, 6.45) is 0. The molecule has 0 spiro atoms. The van der Waals surface area contributed by atoms with Gasteiger partial charge in [0.1, 0.15) is 16.5 Å². The minimum Gasteiger partial charge on any atom is -0.497 e. The molecule has 0 saturated heterocycles. The average Bonchev–Trinajstić information content (AvgIpc) is 2.90. The molecule has 1 aromatic heterocycles. The summed E-state index contributed by atoms with van der Waals surface area (Å²) >= 11 is 1.44. The molecule has 1 heterocycles. The maximum Gasteiger partial charge on any atom is 0.271 e. The second-order valence-electron chi connectivity index (χ2n) is 7.51. The van der Waals surface area contributed by atoms with E-state index in [1.165, 1.54) is 22.5 Å². The van der Waals surface area contributed by atoms with Crippen LogP contribution in [0.3, 0.4) is 0 Å². The third kappa shape index (κ3) is 6.30. The Bertz CT molecular complexity index is 1330. The number of hydrogen-bond acceptors (Lipinski definition) is 6. The number of ether oxygens (including phenoxy) is 2. The molecule has 35 heavy (non-hydrogen) atoms. The Morgan fingerprint density at radius 1 is 0.914 bits per heavy atom. The Balaban J connectivity index is 1.42. The van der Waals surface area contributed by atoms with Crippen molar-refractivity contribution in [3.63, 3.8) is 0 Å². The van der Waals surface area contributed by atoms with Crippen molar-refractivity contribution in [3.05, 3.63) is 106 Å². The third-order valence-corrected chi connectivity index (χ3v) is 6.05. The molecule has 1 amide bonds. The van der Waals surface area contributed by atoms with Crippen molar-refractivity contribution in [2.75, 3.05) is 13.7 Å². The van der Waals surface area contributed by atoms with Crippen LogP contribution in [0.4, 0.5) is 0 Å². The van der Waals surface area contributed by atoms with Crippen LogP contribution in [0.15, 0.2) is 99.6 Å². The number of rotatable bonds is 9. The number of amides is 1. The number of hydrogen-bond donors (Lipinski definition) is 1. The monoisotopic (exact) mass is 487 g/mol. The molecule has 0 atom stereocenters. The molecule has 8 heteroatoms. The lowest BCUT2D eigenvalue weighted by molar-refractivity contribution is 0.0951. The van der Waals surface area contributed by atoms with Crippen LogP contribution in [-0.4, -0.2) is 29.4 Å². The first-order valence-electron chi connectivity index (χ1n) is 11.1. The fourth-order valence-corrected chi connectivity index (χ4v) is 4.08. The van der Waals surface area contributed by atoms with Crippen molar-refractivity contribution in [2.45, 2.75) is 23.4 Å². The summed E-state index contributed by atoms with van der Waals surface area (Å²) in [5.74, 6) is 1.37. The van der Waals surface area contributed by atoms with Gasteiger partial charge in [-0.05, 0) is 79.2 Å². The highest BCUT2D eigenvalue weighted by Crippen LogP contribution is 2.27. The fraction of sp³-hybridized carbons (Fsp3) is 0.148. The van der Waals surface area contributed by atoms with Crippen molar-refractivity contribution in [2.24, 2.45) is 0 Å². The lowest BCUT2D eigenvalue weighted by atomic mass is 10.1. The van der Waals surface area contributed by atoms with E-state index in [9.17, 15) is 9.59 Å². The number of nitrogens with one attached hydrogen (secondary N) is 1. The second kappa shape index (κ2) is 11.4. The van der Waals surface area contributed by atoms with Gasteiger partial charge in [0.25, 0.3) is 11.5 Å². The zero-order valence-corrected chi connectivity index (χ0v) is 20.2. The van der Waals surface area contributed by atoms with Gasteiger partial charge in [-0.1, -0.05) is 23.9 Å². The molecular formula is C27H25N3O4S. The van der Waals surface area contributed by atoms with E-state index in [2.05, 4.69) is 10.4 Å². The number of nitrogens with zero attached hydrogens (tertiary/aromatic N) is 2. The van der Waals surface area contributed by atoms with Crippen molar-refractivity contribution < 1.29 is 14.3 Å². The Kier molecular flexibility index (Phi) is 7.84. The van der Waals surface area contributed by atoms with Crippen LogP contribution >= 0.6 is 11.8 Å². The van der Waals surface area contributed by atoms with Crippen LogP contribution in [0, 0.1) is 0 Å². The Morgan fingerprint density at radius 2 is 1.60 bits per heavy atom. The van der Waals surface area contributed by atoms with Gasteiger partial charge >= 0.3 is 0 Å². The largest absolute Gasteiger partial charge is 0.497 e. The van der Waals surface area contributed by atoms with E-state index >= 15 is 0 Å². The molecule has 0 aliphatic rings. The van der Waals surface area contributed by atoms with Crippen molar-refractivity contribution in [1.82, 2.24) is 15.1 Å². The normalized spacial score (nSPS) is 10.6. The van der Waals surface area contributed by atoms with Crippen LogP contribution in [0.25, 0.3) is 5.69 Å². The van der Waals surface area contributed by atoms with Crippen molar-refractivity contribution >= 4 is 17.7 Å². The summed E-state index contributed by atoms with van der Waals surface area (Å²) in [5, 5.41) is 8.06. The standard InChI is InChI=1S/C27H25N3O4S/c1-3-34-23-10-4-19(5-11-23)18-28-27(32)20-6-8-21(9-7-20)30-26(31)17-16-25(29-30)35-24-14-12-22(33-2)13-15-24/h4-17H,3,18H2,1-2H3,(H,28,32). The summed E-state index contributed by atoms with van der Waals surface area (Å²) in [4.78, 5) is 26.0. The highest BCUT2D eigenvalue weighted by Gasteiger charge is 2.09. The number of carbonyl (C=O) groups excluding carboxylic acids is 1. The molecular weight excluding hydrogens is 462 g/mol. The molecule has 4 aromatic rings. The predicted octanol–water partition coefficient (Wildman–Crippen LogP) is 4.72. The fourth-order valence-electron chi connectivity index (χ4n) is 3.31. The average molecular weight is 488 g/mol. The van der Waals surface area contributed by atoms with Gasteiger partial charge in [-0.15, -0.1) is 0 Å². The molecule has 178 valence electrons. The highest BCUT2D eigenvalue weighted by molar-refractivity contribution is 7.99. The summed E-state index contributed by atoms with van der Waals surface area (Å²) in [6, 6.07) is 25.2. The summed E-state index contributed by atoms with van der Waals surface area (Å²) < 4.78 is 11.9. The summed E-state index contributed by atoms with van der Waals surface area (Å²) in [5.41, 5.74) is 1.80. The Labute approximate surface area is 207 Å². The molecule has 0 aliphatic carbocycles. The van der Waals surface area contributed by atoms with Crippen LogP contribution in [-0.2, 0) is 6.54 Å². The van der Waals surface area contributed by atoms with E-state index in [1.807, 2.05) is 55.5 Å². The van der Waals surface area contributed by atoms with E-state index in [1.54, 1.807) is 37.4 Å². The maximum atomic E-state index is 12.6. The minimum absolute atomic E-state index is 0.199. The Morgan fingerprint density at radius 3 is 2.26 bits per heavy atom. The highest BCUT2D eigenvalue weighted by atomic mass is 32.2. The molecule has 0 radical (unpaired) electrons. The molecule has 1 N–H and O–H groups in total. The van der Waals surface area contributed by atoms with Crippen LogP contribution in [0.2, 0.25) is 0 Å². The topological polar surface area (TPSA) is 82.4 Å². The lowest BCUT2D eigenvalue weighted by Gasteiger charge is -2.09. The second-order valence-corrected chi connectivity index (χ2v) is 8.60. The van der Waals surface area contributed by atoms with Gasteiger partial charge in [-0.25, -0.2) is 0 Å². The van der Waals surface area contributed by atoms with E-state index < -0.39 is 0 Å². The first-order chi connectivity index (χ1) is 17.1. The van der Waals surface area contributed by atoms with Gasteiger partial charge in [0.2, 0.25) is 0 Å². The van der Waals surface area contributed by atoms with Gasteiger partial charge in [0.05, 0.1) is 19.4 Å². The van der Waals surface area contributed by atoms with E-state index in [0.29, 0.717) is 29.4 Å². The molecule has 7 nitrogen and oxygen atoms in total. The zero-order valence-electron chi connectivity index (χ0n) is 19.4. The SMILES string of the molecule is CCOc1ccc(CNC(=O)c2ccc(-n3nc(Sc4ccc(OC)cc4)ccc3=O)cc2)cc1. The first-order valence-corrected chi connectivity index (χ1v) is 11.9. The first kappa shape index (κ1) is 24.1. The van der Waals surface area contributed by atoms with Gasteiger partial charge < -0.3 is 14.8 Å². The summed E-state index contributed by atoms with van der Waals surface area (Å²) in [7, 11) is 1.62. The molecule has 0 bridgehead atoms. The van der Waals surface area contributed by atoms with E-state index in [4.69, 9.17) is 9.47 Å². The molecule has 3 aromatic carbocycles. The van der Waals surface area contributed by atoms with Crippen LogP contribution < -0.4 is 20.3 Å². The van der Waals surface area contributed by atoms with Crippen molar-refractivity contribution in [3.8, 4) is 17.2 Å². The lowest BCUT2D eigenvalue weighted by Crippen LogP contribution is -2.23. The number of benzene rings is 3. The smallest absolute Gasteiger partial charge is 0.271 e. The number of methoxy groups -OCH3 is 1.